The number of amides is 1. The molecule has 1 saturated heterocycles. The maximum absolute atomic E-state index is 11.9. The Balaban J connectivity index is 2.24. The summed E-state index contributed by atoms with van der Waals surface area (Å²) in [5, 5.41) is 12.9. The third-order valence-electron chi connectivity index (χ3n) is 2.81. The maximum Gasteiger partial charge on any atom is 0.241 e. The van der Waals surface area contributed by atoms with Crippen LogP contribution in [0.2, 0.25) is 0 Å². The second-order valence-corrected chi connectivity index (χ2v) is 4.07. The molecule has 1 aromatic rings. The fraction of sp³-hybridized carbons (Fsp3) is 0.417. The van der Waals surface area contributed by atoms with E-state index < -0.39 is 0 Å². The van der Waals surface area contributed by atoms with Crippen molar-refractivity contribution in [2.45, 2.75) is 12.8 Å². The number of hydrogen-bond donors (Lipinski definition) is 2. The summed E-state index contributed by atoms with van der Waals surface area (Å²) < 4.78 is 0. The standard InChI is InChI=1S/C12H17N3O2/c13-7-9-14-8-1-2-12(17)15(14)10-3-5-11(16)6-4-10/h3-6,16H,1-2,7-9,13H2. The van der Waals surface area contributed by atoms with Crippen LogP contribution in [0.15, 0.2) is 24.3 Å². The first-order valence-electron chi connectivity index (χ1n) is 5.79. The van der Waals surface area contributed by atoms with E-state index in [4.69, 9.17) is 5.73 Å². The highest BCUT2D eigenvalue weighted by Crippen LogP contribution is 2.23. The van der Waals surface area contributed by atoms with E-state index in [0.717, 1.165) is 18.7 Å². The molecule has 0 saturated carbocycles. The Hall–Kier alpha value is -1.59. The fourth-order valence-electron chi connectivity index (χ4n) is 2.04. The summed E-state index contributed by atoms with van der Waals surface area (Å²) in [5.74, 6) is 0.277. The van der Waals surface area contributed by atoms with Gasteiger partial charge in [-0.05, 0) is 30.7 Å². The maximum atomic E-state index is 11.9. The SMILES string of the molecule is NCCN1CCCC(=O)N1c1ccc(O)cc1. The van der Waals surface area contributed by atoms with Gasteiger partial charge in [0.1, 0.15) is 5.75 Å². The van der Waals surface area contributed by atoms with E-state index in [9.17, 15) is 9.90 Å². The van der Waals surface area contributed by atoms with Gasteiger partial charge in [-0.1, -0.05) is 0 Å². The van der Waals surface area contributed by atoms with Crippen LogP contribution >= 0.6 is 0 Å². The topological polar surface area (TPSA) is 69.8 Å². The lowest BCUT2D eigenvalue weighted by atomic mass is 10.2. The van der Waals surface area contributed by atoms with Gasteiger partial charge in [-0.3, -0.25) is 4.79 Å². The Kier molecular flexibility index (Phi) is 3.61. The minimum Gasteiger partial charge on any atom is -0.508 e. The van der Waals surface area contributed by atoms with E-state index in [0.29, 0.717) is 19.5 Å². The highest BCUT2D eigenvalue weighted by molar-refractivity contribution is 5.93. The second kappa shape index (κ2) is 5.16. The van der Waals surface area contributed by atoms with Gasteiger partial charge in [-0.25, -0.2) is 10.0 Å². The summed E-state index contributed by atoms with van der Waals surface area (Å²) in [6.45, 7) is 2.01. The van der Waals surface area contributed by atoms with Gasteiger partial charge in [0.2, 0.25) is 5.91 Å². The van der Waals surface area contributed by atoms with Crippen LogP contribution in [0.3, 0.4) is 0 Å². The monoisotopic (exact) mass is 235 g/mol. The zero-order valence-corrected chi connectivity index (χ0v) is 9.67. The first kappa shape index (κ1) is 11.9. The van der Waals surface area contributed by atoms with Gasteiger partial charge >= 0.3 is 0 Å². The van der Waals surface area contributed by atoms with Crippen molar-refractivity contribution >= 4 is 11.6 Å². The number of anilines is 1. The molecule has 0 radical (unpaired) electrons. The average Bonchev–Trinajstić information content (AvgIpc) is 2.32. The van der Waals surface area contributed by atoms with E-state index in [-0.39, 0.29) is 11.7 Å². The van der Waals surface area contributed by atoms with Crippen LogP contribution in [0.4, 0.5) is 5.69 Å². The molecule has 2 rings (SSSR count). The molecule has 3 N–H and O–H groups in total. The number of hydrazine groups is 1. The zero-order chi connectivity index (χ0) is 12.3. The van der Waals surface area contributed by atoms with E-state index in [1.165, 1.54) is 0 Å². The molecule has 1 fully saturated rings. The van der Waals surface area contributed by atoms with Crippen molar-refractivity contribution in [3.05, 3.63) is 24.3 Å². The number of nitrogens with zero attached hydrogens (tertiary/aromatic N) is 2. The average molecular weight is 235 g/mol. The Morgan fingerprint density at radius 2 is 2.00 bits per heavy atom. The zero-order valence-electron chi connectivity index (χ0n) is 9.67. The molecule has 92 valence electrons. The van der Waals surface area contributed by atoms with Crippen molar-refractivity contribution < 1.29 is 9.90 Å². The normalized spacial score (nSPS) is 17.5. The van der Waals surface area contributed by atoms with Gasteiger partial charge in [-0.15, -0.1) is 0 Å². The van der Waals surface area contributed by atoms with Gasteiger partial charge in [0.05, 0.1) is 5.69 Å². The molecule has 1 aliphatic heterocycles. The highest BCUT2D eigenvalue weighted by atomic mass is 16.3. The highest BCUT2D eigenvalue weighted by Gasteiger charge is 2.26. The van der Waals surface area contributed by atoms with Gasteiger partial charge in [0.25, 0.3) is 0 Å². The number of carbonyl (C=O) groups excluding carboxylic acids is 1. The Morgan fingerprint density at radius 3 is 2.65 bits per heavy atom. The summed E-state index contributed by atoms with van der Waals surface area (Å²) in [4.78, 5) is 11.9. The largest absolute Gasteiger partial charge is 0.508 e. The van der Waals surface area contributed by atoms with Gasteiger partial charge < -0.3 is 10.8 Å². The van der Waals surface area contributed by atoms with E-state index in [1.54, 1.807) is 29.3 Å². The third-order valence-corrected chi connectivity index (χ3v) is 2.81. The van der Waals surface area contributed by atoms with Crippen LogP contribution in [0.5, 0.6) is 5.75 Å². The summed E-state index contributed by atoms with van der Waals surface area (Å²) >= 11 is 0. The predicted octanol–water partition coefficient (Wildman–Crippen LogP) is 0.695. The first-order valence-corrected chi connectivity index (χ1v) is 5.79. The lowest BCUT2D eigenvalue weighted by Crippen LogP contribution is -2.52. The molecule has 0 aliphatic carbocycles. The molecule has 0 aromatic heterocycles. The van der Waals surface area contributed by atoms with Crippen LogP contribution in [0.1, 0.15) is 12.8 Å². The predicted molar refractivity (Wildman–Crippen MR) is 65.5 cm³/mol. The molecule has 0 unspecified atom stereocenters. The number of phenolic OH excluding ortho intramolecular Hbond substituents is 1. The van der Waals surface area contributed by atoms with Gasteiger partial charge in [-0.2, -0.15) is 0 Å². The molecule has 1 amide bonds. The van der Waals surface area contributed by atoms with Crippen molar-refractivity contribution in [2.24, 2.45) is 5.73 Å². The number of benzene rings is 1. The molecular weight excluding hydrogens is 218 g/mol. The number of carbonyl (C=O) groups is 1. The van der Waals surface area contributed by atoms with Crippen molar-refractivity contribution in [3.8, 4) is 5.75 Å². The van der Waals surface area contributed by atoms with Gasteiger partial charge in [0.15, 0.2) is 0 Å². The Morgan fingerprint density at radius 1 is 1.29 bits per heavy atom. The molecule has 1 aliphatic rings. The number of phenols is 1. The molecule has 5 nitrogen and oxygen atoms in total. The van der Waals surface area contributed by atoms with E-state index in [1.807, 2.05) is 5.01 Å². The van der Waals surface area contributed by atoms with Crippen LogP contribution in [0, 0.1) is 0 Å². The van der Waals surface area contributed by atoms with Crippen molar-refractivity contribution in [1.82, 2.24) is 5.01 Å². The first-order chi connectivity index (χ1) is 8.22. The minimum absolute atomic E-state index is 0.0791. The molecule has 1 aromatic carbocycles. The van der Waals surface area contributed by atoms with E-state index >= 15 is 0 Å². The lowest BCUT2D eigenvalue weighted by molar-refractivity contribution is -0.123. The Bertz CT molecular complexity index is 389. The number of nitrogens with two attached hydrogens (primary N) is 1. The minimum atomic E-state index is 0.0791. The van der Waals surface area contributed by atoms with Crippen LogP contribution < -0.4 is 10.7 Å². The smallest absolute Gasteiger partial charge is 0.241 e. The number of aromatic hydroxyl groups is 1. The second-order valence-electron chi connectivity index (χ2n) is 4.07. The molecule has 0 atom stereocenters. The van der Waals surface area contributed by atoms with Crippen molar-refractivity contribution in [3.63, 3.8) is 0 Å². The third kappa shape index (κ3) is 2.57. The molecule has 5 heteroatoms. The van der Waals surface area contributed by atoms with Crippen molar-refractivity contribution in [2.75, 3.05) is 24.6 Å². The van der Waals surface area contributed by atoms with Crippen molar-refractivity contribution in [1.29, 1.82) is 0 Å². The summed E-state index contributed by atoms with van der Waals surface area (Å²) in [5.41, 5.74) is 6.33. The van der Waals surface area contributed by atoms with Gasteiger partial charge in [0, 0.05) is 26.1 Å². The summed E-state index contributed by atoms with van der Waals surface area (Å²) in [6, 6.07) is 6.64. The molecule has 0 spiro atoms. The number of rotatable bonds is 3. The molecule has 1 heterocycles. The number of hydrogen-bond acceptors (Lipinski definition) is 4. The summed E-state index contributed by atoms with van der Waals surface area (Å²) in [7, 11) is 0. The van der Waals surface area contributed by atoms with Crippen LogP contribution in [0.25, 0.3) is 0 Å². The van der Waals surface area contributed by atoms with E-state index in [2.05, 4.69) is 0 Å². The van der Waals surface area contributed by atoms with Crippen LogP contribution in [-0.4, -0.2) is 35.7 Å². The van der Waals surface area contributed by atoms with Crippen LogP contribution in [-0.2, 0) is 4.79 Å². The summed E-state index contributed by atoms with van der Waals surface area (Å²) in [6.07, 6.45) is 1.43. The molecular formula is C12H17N3O2. The Labute approximate surface area is 100 Å². The molecule has 0 bridgehead atoms. The molecule has 17 heavy (non-hydrogen) atoms. The lowest BCUT2D eigenvalue weighted by Gasteiger charge is -2.38. The quantitative estimate of drug-likeness (QED) is 0.809. The fourth-order valence-corrected chi connectivity index (χ4v) is 2.04.